The molecule has 1 aliphatic heterocycles. The van der Waals surface area contributed by atoms with Gasteiger partial charge in [0.2, 0.25) is 5.91 Å². The summed E-state index contributed by atoms with van der Waals surface area (Å²) in [4.78, 5) is 12.1. The van der Waals surface area contributed by atoms with Crippen molar-refractivity contribution in [1.29, 1.82) is 0 Å². The number of rotatable bonds is 7. The van der Waals surface area contributed by atoms with E-state index in [-0.39, 0.29) is 11.7 Å². The van der Waals surface area contributed by atoms with E-state index < -0.39 is 0 Å². The first-order valence-corrected chi connectivity index (χ1v) is 10.5. The van der Waals surface area contributed by atoms with E-state index in [1.807, 2.05) is 35.8 Å². The topological polar surface area (TPSA) is 91.4 Å². The van der Waals surface area contributed by atoms with Crippen LogP contribution in [0.15, 0.2) is 46.2 Å². The zero-order valence-corrected chi connectivity index (χ0v) is 16.9. The fourth-order valence-electron chi connectivity index (χ4n) is 2.98. The van der Waals surface area contributed by atoms with Gasteiger partial charge in [0.15, 0.2) is 22.5 Å². The number of carbonyl (C=O) groups excluding carboxylic acids is 1. The monoisotopic (exact) mass is 414 g/mol. The summed E-state index contributed by atoms with van der Waals surface area (Å²) in [5.74, 6) is 3.08. The largest absolute Gasteiger partial charge is 0.490 e. The standard InChI is InChI=1S/C20H22N4O4S/c1-2-24-19(14-6-7-16-17(11-14)28-10-4-9-27-16)22-23-20(24)29-13-18(25)21-12-15-5-3-8-26-15/h3,5-8,11H,2,4,9-10,12-13H2,1H3,(H,21,25). The molecule has 0 fully saturated rings. The number of furan rings is 1. The number of carbonyl (C=O) groups is 1. The summed E-state index contributed by atoms with van der Waals surface area (Å²) >= 11 is 1.36. The highest BCUT2D eigenvalue weighted by atomic mass is 32.2. The van der Waals surface area contributed by atoms with Gasteiger partial charge in [-0.05, 0) is 37.3 Å². The van der Waals surface area contributed by atoms with Gasteiger partial charge in [-0.2, -0.15) is 0 Å². The number of benzene rings is 1. The van der Waals surface area contributed by atoms with Crippen molar-refractivity contribution in [2.75, 3.05) is 19.0 Å². The highest BCUT2D eigenvalue weighted by Gasteiger charge is 2.17. The molecule has 0 saturated carbocycles. The molecule has 0 atom stereocenters. The van der Waals surface area contributed by atoms with Crippen LogP contribution in [0.1, 0.15) is 19.1 Å². The number of hydrogen-bond acceptors (Lipinski definition) is 7. The van der Waals surface area contributed by atoms with Crippen LogP contribution in [0.3, 0.4) is 0 Å². The smallest absolute Gasteiger partial charge is 0.230 e. The van der Waals surface area contributed by atoms with Gasteiger partial charge in [0.05, 0.1) is 31.8 Å². The van der Waals surface area contributed by atoms with Gasteiger partial charge in [0.1, 0.15) is 5.76 Å². The number of hydrogen-bond donors (Lipinski definition) is 1. The van der Waals surface area contributed by atoms with E-state index in [0.29, 0.717) is 31.5 Å². The van der Waals surface area contributed by atoms with Crippen molar-refractivity contribution >= 4 is 17.7 Å². The summed E-state index contributed by atoms with van der Waals surface area (Å²) in [7, 11) is 0. The predicted octanol–water partition coefficient (Wildman–Crippen LogP) is 3.13. The van der Waals surface area contributed by atoms with Gasteiger partial charge in [-0.15, -0.1) is 10.2 Å². The molecular weight excluding hydrogens is 392 g/mol. The molecule has 0 spiro atoms. The highest BCUT2D eigenvalue weighted by molar-refractivity contribution is 7.99. The first-order valence-electron chi connectivity index (χ1n) is 9.49. The van der Waals surface area contributed by atoms with Crippen LogP contribution in [0.5, 0.6) is 11.5 Å². The maximum atomic E-state index is 12.1. The zero-order chi connectivity index (χ0) is 20.1. The Labute approximate surface area is 172 Å². The van der Waals surface area contributed by atoms with Gasteiger partial charge in [-0.1, -0.05) is 11.8 Å². The van der Waals surface area contributed by atoms with E-state index in [4.69, 9.17) is 13.9 Å². The molecule has 9 heteroatoms. The van der Waals surface area contributed by atoms with Crippen LogP contribution in [0.4, 0.5) is 0 Å². The minimum atomic E-state index is -0.0887. The molecule has 0 saturated heterocycles. The number of aromatic nitrogens is 3. The Bertz CT molecular complexity index is 971. The molecule has 8 nitrogen and oxygen atoms in total. The molecule has 3 heterocycles. The van der Waals surface area contributed by atoms with E-state index in [1.165, 1.54) is 11.8 Å². The molecule has 0 radical (unpaired) electrons. The maximum absolute atomic E-state index is 12.1. The molecular formula is C20H22N4O4S. The third kappa shape index (κ3) is 4.56. The van der Waals surface area contributed by atoms with Crippen molar-refractivity contribution in [3.05, 3.63) is 42.4 Å². The quantitative estimate of drug-likeness (QED) is 0.594. The lowest BCUT2D eigenvalue weighted by molar-refractivity contribution is -0.118. The Kier molecular flexibility index (Phi) is 6.04. The van der Waals surface area contributed by atoms with Crippen LogP contribution < -0.4 is 14.8 Å². The average molecular weight is 414 g/mol. The van der Waals surface area contributed by atoms with Crippen molar-refractivity contribution in [2.45, 2.75) is 31.6 Å². The summed E-state index contributed by atoms with van der Waals surface area (Å²) in [6, 6.07) is 9.40. The van der Waals surface area contributed by atoms with Crippen LogP contribution >= 0.6 is 11.8 Å². The van der Waals surface area contributed by atoms with E-state index >= 15 is 0 Å². The summed E-state index contributed by atoms with van der Waals surface area (Å²) in [6.45, 7) is 4.37. The van der Waals surface area contributed by atoms with Crippen molar-refractivity contribution in [2.24, 2.45) is 0 Å². The van der Waals surface area contributed by atoms with Gasteiger partial charge < -0.3 is 23.8 Å². The fourth-order valence-corrected chi connectivity index (χ4v) is 3.81. The Morgan fingerprint density at radius 2 is 2.07 bits per heavy atom. The highest BCUT2D eigenvalue weighted by Crippen LogP contribution is 2.34. The zero-order valence-electron chi connectivity index (χ0n) is 16.1. The molecule has 2 aromatic heterocycles. The first kappa shape index (κ1) is 19.4. The molecule has 1 aliphatic rings. The summed E-state index contributed by atoms with van der Waals surface area (Å²) < 4.78 is 18.7. The molecule has 3 aromatic rings. The van der Waals surface area contributed by atoms with Crippen molar-refractivity contribution in [1.82, 2.24) is 20.1 Å². The Hall–Kier alpha value is -2.94. The number of fused-ring (bicyclic) bond motifs is 1. The van der Waals surface area contributed by atoms with Crippen LogP contribution in [0.25, 0.3) is 11.4 Å². The molecule has 1 aromatic carbocycles. The lowest BCUT2D eigenvalue weighted by Crippen LogP contribution is -2.24. The van der Waals surface area contributed by atoms with Gasteiger partial charge in [-0.25, -0.2) is 0 Å². The third-order valence-electron chi connectivity index (χ3n) is 4.41. The Balaban J connectivity index is 1.44. The minimum absolute atomic E-state index is 0.0887. The van der Waals surface area contributed by atoms with Crippen LogP contribution in [0.2, 0.25) is 0 Å². The van der Waals surface area contributed by atoms with Crippen LogP contribution in [-0.2, 0) is 17.9 Å². The average Bonchev–Trinajstić information content (AvgIpc) is 3.34. The number of nitrogens with one attached hydrogen (secondary N) is 1. The summed E-state index contributed by atoms with van der Waals surface area (Å²) in [6.07, 6.45) is 2.44. The number of ether oxygens (including phenoxy) is 2. The van der Waals surface area contributed by atoms with E-state index in [1.54, 1.807) is 12.3 Å². The SMILES string of the molecule is CCn1c(SCC(=O)NCc2ccco2)nnc1-c1ccc2c(c1)OCCCO2. The lowest BCUT2D eigenvalue weighted by atomic mass is 10.2. The molecule has 0 bridgehead atoms. The van der Waals surface area contributed by atoms with Gasteiger partial charge in [0.25, 0.3) is 0 Å². The molecule has 29 heavy (non-hydrogen) atoms. The van der Waals surface area contributed by atoms with E-state index in [9.17, 15) is 4.79 Å². The van der Waals surface area contributed by atoms with E-state index in [2.05, 4.69) is 15.5 Å². The fraction of sp³-hybridized carbons (Fsp3) is 0.350. The minimum Gasteiger partial charge on any atom is -0.490 e. The molecule has 4 rings (SSSR count). The molecule has 1 N–H and O–H groups in total. The third-order valence-corrected chi connectivity index (χ3v) is 5.38. The van der Waals surface area contributed by atoms with Gasteiger partial charge >= 0.3 is 0 Å². The van der Waals surface area contributed by atoms with Crippen molar-refractivity contribution in [3.63, 3.8) is 0 Å². The second-order valence-corrected chi connectivity index (χ2v) is 7.35. The second kappa shape index (κ2) is 9.04. The van der Waals surface area contributed by atoms with Gasteiger partial charge in [-0.3, -0.25) is 4.79 Å². The number of nitrogens with zero attached hydrogens (tertiary/aromatic N) is 3. The normalized spacial score (nSPS) is 13.1. The van der Waals surface area contributed by atoms with Gasteiger partial charge in [0, 0.05) is 18.5 Å². The maximum Gasteiger partial charge on any atom is 0.230 e. The molecule has 152 valence electrons. The molecule has 1 amide bonds. The van der Waals surface area contributed by atoms with Crippen LogP contribution in [0, 0.1) is 0 Å². The van der Waals surface area contributed by atoms with E-state index in [0.717, 1.165) is 35.1 Å². The predicted molar refractivity (Wildman–Crippen MR) is 108 cm³/mol. The van der Waals surface area contributed by atoms with Crippen molar-refractivity contribution in [3.8, 4) is 22.9 Å². The molecule has 0 aliphatic carbocycles. The lowest BCUT2D eigenvalue weighted by Gasteiger charge is -2.10. The summed E-state index contributed by atoms with van der Waals surface area (Å²) in [5, 5.41) is 12.2. The summed E-state index contributed by atoms with van der Waals surface area (Å²) in [5.41, 5.74) is 0.901. The number of thioether (sulfide) groups is 1. The first-order chi connectivity index (χ1) is 14.2. The molecule has 0 unspecified atom stereocenters. The van der Waals surface area contributed by atoms with Crippen LogP contribution in [-0.4, -0.2) is 39.6 Å². The second-order valence-electron chi connectivity index (χ2n) is 6.41. The van der Waals surface area contributed by atoms with Crippen molar-refractivity contribution < 1.29 is 18.7 Å². The number of amides is 1. The Morgan fingerprint density at radius 1 is 1.21 bits per heavy atom. The Morgan fingerprint density at radius 3 is 2.86 bits per heavy atom.